The summed E-state index contributed by atoms with van der Waals surface area (Å²) in [5, 5.41) is 19.0. The fraction of sp³-hybridized carbons (Fsp3) is 0.500. The number of hydrogen-bond acceptors (Lipinski definition) is 6. The Kier molecular flexibility index (Phi) is 20.7. The molecule has 0 radical (unpaired) electrons. The Hall–Kier alpha value is -1.27. The predicted octanol–water partition coefficient (Wildman–Crippen LogP) is -3.40. The van der Waals surface area contributed by atoms with Crippen molar-refractivity contribution in [2.75, 3.05) is 0 Å². The second kappa shape index (κ2) is 13.7. The number of ketones is 2. The summed E-state index contributed by atoms with van der Waals surface area (Å²) in [6.45, 7) is 2.41. The summed E-state index contributed by atoms with van der Waals surface area (Å²) >= 11 is 0. The maximum atomic E-state index is 9.83. The molecule has 0 rings (SSSR count). The van der Waals surface area contributed by atoms with Gasteiger partial charge >= 0.3 is 16.5 Å². The zero-order chi connectivity index (χ0) is 11.7. The van der Waals surface area contributed by atoms with E-state index in [1.54, 1.807) is 0 Å². The maximum Gasteiger partial charge on any atom is 2.00 e. The van der Waals surface area contributed by atoms with Gasteiger partial charge in [0.05, 0.1) is 0 Å². The van der Waals surface area contributed by atoms with Gasteiger partial charge in [-0.05, 0) is 13.8 Å². The van der Waals surface area contributed by atoms with Crippen LogP contribution in [0, 0.1) is 0 Å². The maximum absolute atomic E-state index is 9.83. The van der Waals surface area contributed by atoms with Gasteiger partial charge in [-0.3, -0.25) is 9.59 Å². The molecule has 0 fully saturated rings. The van der Waals surface area contributed by atoms with Crippen LogP contribution in [0.3, 0.4) is 0 Å². The zero-order valence-corrected chi connectivity index (χ0v) is 9.67. The smallest absolute Gasteiger partial charge is 0.550 e. The van der Waals surface area contributed by atoms with Gasteiger partial charge in [-0.1, -0.05) is 0 Å². The van der Waals surface area contributed by atoms with Crippen LogP contribution in [0.15, 0.2) is 0 Å². The fourth-order valence-electron chi connectivity index (χ4n) is 0.407. The van der Waals surface area contributed by atoms with Crippen molar-refractivity contribution >= 4 is 23.5 Å². The third-order valence-electron chi connectivity index (χ3n) is 0.787. The fourth-order valence-corrected chi connectivity index (χ4v) is 0.407. The van der Waals surface area contributed by atoms with E-state index in [0.717, 1.165) is 0 Å². The molecule has 2 N–H and O–H groups in total. The van der Waals surface area contributed by atoms with Crippen molar-refractivity contribution in [3.05, 3.63) is 0 Å². The summed E-state index contributed by atoms with van der Waals surface area (Å²) < 4.78 is 0. The van der Waals surface area contributed by atoms with Gasteiger partial charge in [-0.15, -0.1) is 0 Å². The Labute approximate surface area is 102 Å². The number of carboxylic acid groups (broad SMARTS) is 2. The van der Waals surface area contributed by atoms with Gasteiger partial charge in [-0.25, -0.2) is 0 Å². The molecule has 0 aromatic heterocycles. The Morgan fingerprint density at radius 2 is 1.00 bits per heavy atom. The van der Waals surface area contributed by atoms with E-state index in [0.29, 0.717) is 0 Å². The first-order valence-corrected chi connectivity index (χ1v) is 3.64. The molecule has 0 spiro atoms. The van der Waals surface area contributed by atoms with Crippen molar-refractivity contribution < 1.29 is 51.4 Å². The van der Waals surface area contributed by atoms with Gasteiger partial charge in [0.2, 0.25) is 0 Å². The number of carboxylic acids is 2. The van der Waals surface area contributed by atoms with E-state index in [-0.39, 0.29) is 33.5 Å². The van der Waals surface area contributed by atoms with E-state index in [1.807, 2.05) is 0 Å². The summed E-state index contributed by atoms with van der Waals surface area (Å²) in [6, 6.07) is 0. The van der Waals surface area contributed by atoms with E-state index in [4.69, 9.17) is 0 Å². The Balaban J connectivity index is -0.0000000800. The van der Waals surface area contributed by atoms with Crippen LogP contribution in [-0.2, 0) is 35.7 Å². The first-order valence-electron chi connectivity index (χ1n) is 3.64. The van der Waals surface area contributed by atoms with Crippen LogP contribution in [0.25, 0.3) is 0 Å². The van der Waals surface area contributed by atoms with Gasteiger partial charge in [0, 0.05) is 24.8 Å². The van der Waals surface area contributed by atoms with Gasteiger partial charge in [0.15, 0.2) is 0 Å². The van der Waals surface area contributed by atoms with Crippen LogP contribution >= 0.6 is 0 Å². The summed E-state index contributed by atoms with van der Waals surface area (Å²) in [5.41, 5.74) is 0. The molecule has 7 nitrogen and oxygen atoms in total. The van der Waals surface area contributed by atoms with Crippen LogP contribution in [0.2, 0.25) is 0 Å². The monoisotopic (exact) mass is 278 g/mol. The van der Waals surface area contributed by atoms with E-state index >= 15 is 0 Å². The molecule has 0 amide bonds. The molecule has 0 aliphatic heterocycles. The number of carbonyl (C=O) groups excluding carboxylic acids is 4. The van der Waals surface area contributed by atoms with E-state index in [9.17, 15) is 29.4 Å². The molecule has 8 heteroatoms. The van der Waals surface area contributed by atoms with E-state index < -0.39 is 24.8 Å². The number of rotatable bonds is 4. The average Bonchev–Trinajstić information content (AvgIpc) is 1.79. The molecule has 16 heavy (non-hydrogen) atoms. The van der Waals surface area contributed by atoms with E-state index in [1.165, 1.54) is 13.8 Å². The van der Waals surface area contributed by atoms with Crippen molar-refractivity contribution in [3.8, 4) is 0 Å². The van der Waals surface area contributed by atoms with Gasteiger partial charge < -0.3 is 25.3 Å². The predicted molar refractivity (Wildman–Crippen MR) is 44.2 cm³/mol. The molecule has 0 heterocycles. The Morgan fingerprint density at radius 3 is 1.00 bits per heavy atom. The third-order valence-corrected chi connectivity index (χ3v) is 0.787. The molecular formula is C8H12NiO7. The molecule has 0 aliphatic rings. The minimum Gasteiger partial charge on any atom is -0.550 e. The molecule has 0 saturated heterocycles. The van der Waals surface area contributed by atoms with Gasteiger partial charge in [0.25, 0.3) is 0 Å². The second-order valence-electron chi connectivity index (χ2n) is 2.50. The summed E-state index contributed by atoms with van der Waals surface area (Å²) in [5.74, 6) is -3.37. The molecule has 0 atom stereocenters. The standard InChI is InChI=1S/2C4H6O3.Ni.H2O/c2*1-3(5)2-4(6)7;;/h2*2H2,1H3,(H,6,7);;1H2/q;;+2;/p-2. The quantitative estimate of drug-likeness (QED) is 0.387. The minimum absolute atomic E-state index is 0. The largest absolute Gasteiger partial charge is 2.00 e. The van der Waals surface area contributed by atoms with Crippen molar-refractivity contribution in [1.29, 1.82) is 0 Å². The summed E-state index contributed by atoms with van der Waals surface area (Å²) in [6.07, 6.45) is -0.944. The molecule has 0 aromatic rings. The van der Waals surface area contributed by atoms with Crippen molar-refractivity contribution in [2.24, 2.45) is 0 Å². The SMILES string of the molecule is CC(=O)CC(=O)[O-].CC(=O)CC(=O)[O-].O.[Ni+2]. The molecule has 96 valence electrons. The number of hydrogen-bond donors (Lipinski definition) is 0. The second-order valence-corrected chi connectivity index (χ2v) is 2.50. The molecule has 0 aliphatic carbocycles. The van der Waals surface area contributed by atoms with Crippen molar-refractivity contribution in [2.45, 2.75) is 26.7 Å². The van der Waals surface area contributed by atoms with Crippen LogP contribution in [0.5, 0.6) is 0 Å². The third kappa shape index (κ3) is 38.7. The van der Waals surface area contributed by atoms with Crippen molar-refractivity contribution in [3.63, 3.8) is 0 Å². The van der Waals surface area contributed by atoms with Crippen molar-refractivity contribution in [1.82, 2.24) is 0 Å². The van der Waals surface area contributed by atoms with Gasteiger partial charge in [-0.2, -0.15) is 0 Å². The topological polar surface area (TPSA) is 146 Å². The number of aliphatic carboxylic acids is 2. The zero-order valence-electron chi connectivity index (χ0n) is 8.68. The molecule has 0 saturated carbocycles. The molecule has 0 unspecified atom stereocenters. The normalized spacial score (nSPS) is 7.12. The molecular weight excluding hydrogens is 267 g/mol. The average molecular weight is 279 g/mol. The number of carbonyl (C=O) groups is 4. The minimum atomic E-state index is -1.31. The van der Waals surface area contributed by atoms with Gasteiger partial charge in [0.1, 0.15) is 11.6 Å². The van der Waals surface area contributed by atoms with Crippen LogP contribution in [0.1, 0.15) is 26.7 Å². The summed E-state index contributed by atoms with van der Waals surface area (Å²) in [4.78, 5) is 38.6. The van der Waals surface area contributed by atoms with E-state index in [2.05, 4.69) is 0 Å². The van der Waals surface area contributed by atoms with Crippen LogP contribution < -0.4 is 10.2 Å². The first-order chi connectivity index (χ1) is 6.25. The molecule has 0 bridgehead atoms. The molecule has 0 aromatic carbocycles. The van der Waals surface area contributed by atoms with Crippen LogP contribution in [0.4, 0.5) is 0 Å². The summed E-state index contributed by atoms with van der Waals surface area (Å²) in [7, 11) is 0. The number of Topliss-reactive ketones (excluding diaryl/α,β-unsaturated/α-hetero) is 2. The Morgan fingerprint density at radius 1 is 0.812 bits per heavy atom. The first kappa shape index (κ1) is 24.1. The van der Waals surface area contributed by atoms with Crippen LogP contribution in [-0.4, -0.2) is 29.0 Å². The Bertz CT molecular complexity index is 199.